The van der Waals surface area contributed by atoms with E-state index >= 15 is 0 Å². The molecule has 3 aromatic rings. The number of amides is 1. The molecule has 2 unspecified atom stereocenters. The standard InChI is InChI=1S/C24H25F3N2O4/c1-13(10-24(25,26)27)11-29-22(30)15-5-7-20-18(8-15)19(12-28-20)14(2)17-6-4-16(23(31)32)9-21(17)33-3/h4-9,12-14,28H,10-11H2,1-3H3,(H,29,30)(H,31,32). The molecule has 176 valence electrons. The van der Waals surface area contributed by atoms with E-state index in [-0.39, 0.29) is 18.0 Å². The van der Waals surface area contributed by atoms with Crippen molar-refractivity contribution in [2.75, 3.05) is 13.7 Å². The Balaban J connectivity index is 1.85. The van der Waals surface area contributed by atoms with E-state index in [0.717, 1.165) is 22.0 Å². The fraction of sp³-hybridized carbons (Fsp3) is 0.333. The van der Waals surface area contributed by atoms with Gasteiger partial charge in [-0.3, -0.25) is 4.79 Å². The molecule has 0 spiro atoms. The number of fused-ring (bicyclic) bond motifs is 1. The zero-order chi connectivity index (χ0) is 24.3. The van der Waals surface area contributed by atoms with Crippen LogP contribution in [0.3, 0.4) is 0 Å². The highest BCUT2D eigenvalue weighted by molar-refractivity contribution is 5.99. The van der Waals surface area contributed by atoms with Crippen LogP contribution in [0.15, 0.2) is 42.6 Å². The molecule has 0 aliphatic carbocycles. The highest BCUT2D eigenvalue weighted by Crippen LogP contribution is 2.36. The van der Waals surface area contributed by atoms with Gasteiger partial charge in [0.25, 0.3) is 5.91 Å². The van der Waals surface area contributed by atoms with Gasteiger partial charge in [-0.1, -0.05) is 19.9 Å². The number of ether oxygens (including phenoxy) is 1. The first kappa shape index (κ1) is 24.2. The lowest BCUT2D eigenvalue weighted by Crippen LogP contribution is -2.30. The Morgan fingerprint density at radius 2 is 1.79 bits per heavy atom. The van der Waals surface area contributed by atoms with Gasteiger partial charge in [-0.05, 0) is 41.8 Å². The van der Waals surface area contributed by atoms with Gasteiger partial charge >= 0.3 is 12.1 Å². The van der Waals surface area contributed by atoms with Crippen molar-refractivity contribution in [1.82, 2.24) is 10.3 Å². The number of alkyl halides is 3. The predicted molar refractivity (Wildman–Crippen MR) is 118 cm³/mol. The van der Waals surface area contributed by atoms with Crippen molar-refractivity contribution in [2.24, 2.45) is 5.92 Å². The van der Waals surface area contributed by atoms with Gasteiger partial charge in [-0.25, -0.2) is 4.79 Å². The summed E-state index contributed by atoms with van der Waals surface area (Å²) in [5, 5.41) is 12.6. The lowest BCUT2D eigenvalue weighted by Gasteiger charge is -2.16. The average Bonchev–Trinajstić information content (AvgIpc) is 3.18. The molecule has 0 fully saturated rings. The average molecular weight is 462 g/mol. The van der Waals surface area contributed by atoms with Crippen LogP contribution < -0.4 is 10.1 Å². The normalized spacial score (nSPS) is 13.5. The number of benzene rings is 2. The molecule has 9 heteroatoms. The van der Waals surface area contributed by atoms with Crippen LogP contribution in [0.2, 0.25) is 0 Å². The summed E-state index contributed by atoms with van der Waals surface area (Å²) in [4.78, 5) is 27.0. The quantitative estimate of drug-likeness (QED) is 0.421. The van der Waals surface area contributed by atoms with Gasteiger partial charge in [0, 0.05) is 47.1 Å². The molecule has 3 rings (SSSR count). The van der Waals surface area contributed by atoms with Crippen molar-refractivity contribution in [1.29, 1.82) is 0 Å². The van der Waals surface area contributed by atoms with Gasteiger partial charge in [-0.2, -0.15) is 13.2 Å². The van der Waals surface area contributed by atoms with E-state index in [1.807, 2.05) is 13.1 Å². The monoisotopic (exact) mass is 462 g/mol. The van der Waals surface area contributed by atoms with E-state index in [1.54, 1.807) is 24.3 Å². The molecule has 6 nitrogen and oxygen atoms in total. The van der Waals surface area contributed by atoms with Crippen LogP contribution in [0.4, 0.5) is 13.2 Å². The molecule has 33 heavy (non-hydrogen) atoms. The van der Waals surface area contributed by atoms with E-state index in [4.69, 9.17) is 4.74 Å². The van der Waals surface area contributed by atoms with E-state index in [9.17, 15) is 27.9 Å². The van der Waals surface area contributed by atoms with Crippen molar-refractivity contribution >= 4 is 22.8 Å². The number of H-pyrrole nitrogens is 1. The molecule has 0 aliphatic heterocycles. The maximum atomic E-state index is 12.6. The number of carboxylic acid groups (broad SMARTS) is 1. The Bertz CT molecular complexity index is 1170. The van der Waals surface area contributed by atoms with Gasteiger partial charge in [-0.15, -0.1) is 0 Å². The molecule has 1 aromatic heterocycles. The van der Waals surface area contributed by atoms with E-state index in [2.05, 4.69) is 10.3 Å². The fourth-order valence-corrected chi connectivity index (χ4v) is 3.85. The highest BCUT2D eigenvalue weighted by atomic mass is 19.4. The topological polar surface area (TPSA) is 91.4 Å². The molecular formula is C24H25F3N2O4. The van der Waals surface area contributed by atoms with Gasteiger partial charge in [0.1, 0.15) is 5.75 Å². The number of aromatic carboxylic acids is 1. The van der Waals surface area contributed by atoms with Gasteiger partial charge in [0.05, 0.1) is 12.7 Å². The molecule has 0 saturated heterocycles. The second-order valence-corrected chi connectivity index (χ2v) is 8.12. The summed E-state index contributed by atoms with van der Waals surface area (Å²) in [5.41, 5.74) is 2.88. The lowest BCUT2D eigenvalue weighted by molar-refractivity contribution is -0.142. The highest BCUT2D eigenvalue weighted by Gasteiger charge is 2.30. The van der Waals surface area contributed by atoms with Crippen LogP contribution >= 0.6 is 0 Å². The first-order chi connectivity index (χ1) is 15.5. The third kappa shape index (κ3) is 5.66. The second kappa shape index (κ2) is 9.56. The molecule has 0 radical (unpaired) electrons. The zero-order valence-electron chi connectivity index (χ0n) is 18.4. The number of rotatable bonds is 8. The van der Waals surface area contributed by atoms with Crippen molar-refractivity contribution in [3.8, 4) is 5.75 Å². The number of halogens is 3. The molecule has 0 bridgehead atoms. The zero-order valence-corrected chi connectivity index (χ0v) is 18.4. The van der Waals surface area contributed by atoms with Crippen LogP contribution in [-0.4, -0.2) is 41.8 Å². The summed E-state index contributed by atoms with van der Waals surface area (Å²) in [6.07, 6.45) is -3.43. The molecule has 0 aliphatic rings. The van der Waals surface area contributed by atoms with Crippen LogP contribution in [0, 0.1) is 5.92 Å². The van der Waals surface area contributed by atoms with E-state index in [1.165, 1.54) is 26.2 Å². The third-order valence-corrected chi connectivity index (χ3v) is 5.58. The number of hydrogen-bond donors (Lipinski definition) is 3. The van der Waals surface area contributed by atoms with Gasteiger partial charge in [0.2, 0.25) is 0 Å². The Morgan fingerprint density at radius 1 is 1.09 bits per heavy atom. The SMILES string of the molecule is COc1cc(C(=O)O)ccc1C(C)c1c[nH]c2ccc(C(=O)NCC(C)CC(F)(F)F)cc12. The number of aromatic nitrogens is 1. The van der Waals surface area contributed by atoms with Crippen molar-refractivity contribution in [3.63, 3.8) is 0 Å². The summed E-state index contributed by atoms with van der Waals surface area (Å²) in [7, 11) is 1.47. The van der Waals surface area contributed by atoms with Crippen molar-refractivity contribution in [2.45, 2.75) is 32.4 Å². The Kier molecular flexibility index (Phi) is 7.00. The third-order valence-electron chi connectivity index (χ3n) is 5.58. The number of carboxylic acids is 1. The van der Waals surface area contributed by atoms with Crippen molar-refractivity contribution < 1.29 is 32.6 Å². The van der Waals surface area contributed by atoms with Crippen LogP contribution in [0.5, 0.6) is 5.75 Å². The number of nitrogens with one attached hydrogen (secondary N) is 2. The summed E-state index contributed by atoms with van der Waals surface area (Å²) in [6, 6.07) is 9.71. The first-order valence-electron chi connectivity index (χ1n) is 10.4. The van der Waals surface area contributed by atoms with Gasteiger partial charge in [0.15, 0.2) is 0 Å². The largest absolute Gasteiger partial charge is 0.496 e. The Labute approximate surface area is 188 Å². The van der Waals surface area contributed by atoms with Crippen LogP contribution in [-0.2, 0) is 0 Å². The fourth-order valence-electron chi connectivity index (χ4n) is 3.85. The number of methoxy groups -OCH3 is 1. The predicted octanol–water partition coefficient (Wildman–Crippen LogP) is 5.34. The number of carbonyl (C=O) groups is 2. The molecule has 3 N–H and O–H groups in total. The minimum absolute atomic E-state index is 0.0834. The molecule has 2 aromatic carbocycles. The summed E-state index contributed by atoms with van der Waals surface area (Å²) < 4.78 is 42.9. The molecule has 1 amide bonds. The molecule has 0 saturated carbocycles. The maximum Gasteiger partial charge on any atom is 0.389 e. The number of hydrogen-bond acceptors (Lipinski definition) is 3. The molecule has 1 heterocycles. The first-order valence-corrected chi connectivity index (χ1v) is 10.4. The van der Waals surface area contributed by atoms with E-state index < -0.39 is 30.4 Å². The smallest absolute Gasteiger partial charge is 0.389 e. The summed E-state index contributed by atoms with van der Waals surface area (Å²) >= 11 is 0. The number of aromatic amines is 1. The maximum absolute atomic E-state index is 12.6. The van der Waals surface area contributed by atoms with Crippen molar-refractivity contribution in [3.05, 3.63) is 64.8 Å². The molecule has 2 atom stereocenters. The minimum Gasteiger partial charge on any atom is -0.496 e. The lowest BCUT2D eigenvalue weighted by atomic mass is 9.91. The Hall–Kier alpha value is -3.49. The van der Waals surface area contributed by atoms with Gasteiger partial charge < -0.3 is 20.1 Å². The Morgan fingerprint density at radius 3 is 2.42 bits per heavy atom. The minimum atomic E-state index is -4.27. The summed E-state index contributed by atoms with van der Waals surface area (Å²) in [5.74, 6) is -2.00. The second-order valence-electron chi connectivity index (χ2n) is 8.12. The molecular weight excluding hydrogens is 437 g/mol. The van der Waals surface area contributed by atoms with Crippen LogP contribution in [0.1, 0.15) is 58.0 Å². The summed E-state index contributed by atoms with van der Waals surface area (Å²) in [6.45, 7) is 3.29. The van der Waals surface area contributed by atoms with E-state index in [0.29, 0.717) is 11.3 Å². The number of carbonyl (C=O) groups excluding carboxylic acids is 1. The van der Waals surface area contributed by atoms with Crippen LogP contribution in [0.25, 0.3) is 10.9 Å².